The van der Waals surface area contributed by atoms with E-state index >= 15 is 0 Å². The van der Waals surface area contributed by atoms with Crippen LogP contribution in [-0.2, 0) is 20.9 Å². The lowest BCUT2D eigenvalue weighted by molar-refractivity contribution is -0.123. The van der Waals surface area contributed by atoms with Crippen molar-refractivity contribution >= 4 is 17.6 Å². The Labute approximate surface area is 154 Å². The van der Waals surface area contributed by atoms with Crippen molar-refractivity contribution in [1.82, 2.24) is 0 Å². The van der Waals surface area contributed by atoms with E-state index in [1.807, 2.05) is 32.9 Å². The average molecular weight is 355 g/mol. The van der Waals surface area contributed by atoms with E-state index in [9.17, 15) is 9.59 Å². The highest BCUT2D eigenvalue weighted by molar-refractivity contribution is 5.98. The lowest BCUT2D eigenvalue weighted by Gasteiger charge is -2.17. The van der Waals surface area contributed by atoms with Crippen LogP contribution in [0.15, 0.2) is 36.4 Å². The molecule has 0 aromatic heterocycles. The van der Waals surface area contributed by atoms with Crippen LogP contribution in [0.3, 0.4) is 0 Å². The number of carbonyl (C=O) groups excluding carboxylic acids is 2. The molecule has 0 fully saturated rings. The number of hydrogen-bond donors (Lipinski definition) is 1. The van der Waals surface area contributed by atoms with E-state index in [0.29, 0.717) is 12.2 Å². The third kappa shape index (κ3) is 4.92. The molecule has 5 nitrogen and oxygen atoms in total. The van der Waals surface area contributed by atoms with Crippen molar-refractivity contribution in [3.63, 3.8) is 0 Å². The van der Waals surface area contributed by atoms with Gasteiger partial charge in [-0.2, -0.15) is 0 Å². The molecule has 1 amide bonds. The SMILES string of the molecule is COCc1ccc(C(=O)O[C@@H](C)C(=O)Nc2c(C)cc(C)cc2C)cc1. The maximum Gasteiger partial charge on any atom is 0.338 e. The normalized spacial score (nSPS) is 11.7. The maximum atomic E-state index is 12.4. The third-order valence-electron chi connectivity index (χ3n) is 4.08. The third-order valence-corrected chi connectivity index (χ3v) is 4.08. The van der Waals surface area contributed by atoms with Crippen molar-refractivity contribution in [1.29, 1.82) is 0 Å². The smallest absolute Gasteiger partial charge is 0.338 e. The molecule has 0 bridgehead atoms. The van der Waals surface area contributed by atoms with Gasteiger partial charge in [-0.25, -0.2) is 4.79 Å². The second kappa shape index (κ2) is 8.63. The fourth-order valence-electron chi connectivity index (χ4n) is 2.79. The minimum absolute atomic E-state index is 0.357. The van der Waals surface area contributed by atoms with E-state index in [1.54, 1.807) is 38.3 Å². The van der Waals surface area contributed by atoms with Crippen molar-refractivity contribution in [2.45, 2.75) is 40.4 Å². The molecular weight excluding hydrogens is 330 g/mol. The number of rotatable bonds is 6. The molecule has 0 saturated carbocycles. The summed E-state index contributed by atoms with van der Waals surface area (Å²) in [7, 11) is 1.61. The highest BCUT2D eigenvalue weighted by Gasteiger charge is 2.20. The standard InChI is InChI=1S/C21H25NO4/c1-13-10-14(2)19(15(3)11-13)22-20(23)16(4)26-21(24)18-8-6-17(7-9-18)12-25-5/h6-11,16H,12H2,1-5H3,(H,22,23)/t16-/m0/s1. The van der Waals surface area contributed by atoms with Crippen LogP contribution in [0, 0.1) is 20.8 Å². The quantitative estimate of drug-likeness (QED) is 0.797. The molecule has 0 heterocycles. The zero-order valence-corrected chi connectivity index (χ0v) is 15.9. The summed E-state index contributed by atoms with van der Waals surface area (Å²) < 4.78 is 10.3. The summed E-state index contributed by atoms with van der Waals surface area (Å²) in [6.07, 6.45) is -0.902. The van der Waals surface area contributed by atoms with Gasteiger partial charge in [-0.3, -0.25) is 4.79 Å². The Morgan fingerprint density at radius 2 is 1.62 bits per heavy atom. The summed E-state index contributed by atoms with van der Waals surface area (Å²) in [5.41, 5.74) is 5.19. The Bertz CT molecular complexity index is 773. The predicted octanol–water partition coefficient (Wildman–Crippen LogP) is 3.94. The van der Waals surface area contributed by atoms with Crippen LogP contribution in [0.25, 0.3) is 0 Å². The number of amides is 1. The lowest BCUT2D eigenvalue weighted by Crippen LogP contribution is -2.30. The number of esters is 1. The molecule has 138 valence electrons. The lowest BCUT2D eigenvalue weighted by atomic mass is 10.0. The van der Waals surface area contributed by atoms with Crippen LogP contribution in [0.1, 0.15) is 39.5 Å². The van der Waals surface area contributed by atoms with Gasteiger partial charge in [-0.15, -0.1) is 0 Å². The summed E-state index contributed by atoms with van der Waals surface area (Å²) in [4.78, 5) is 24.6. The fraction of sp³-hybridized carbons (Fsp3) is 0.333. The van der Waals surface area contributed by atoms with Gasteiger partial charge in [0.25, 0.3) is 5.91 Å². The molecule has 5 heteroatoms. The zero-order chi connectivity index (χ0) is 19.3. The summed E-state index contributed by atoms with van der Waals surface area (Å²) in [5.74, 6) is -0.890. The molecule has 1 atom stereocenters. The Balaban J connectivity index is 2.01. The molecular formula is C21H25NO4. The van der Waals surface area contributed by atoms with Gasteiger partial charge in [0.2, 0.25) is 0 Å². The Morgan fingerprint density at radius 1 is 1.04 bits per heavy atom. The molecule has 2 aromatic rings. The number of nitrogens with one attached hydrogen (secondary N) is 1. The predicted molar refractivity (Wildman–Crippen MR) is 101 cm³/mol. The number of ether oxygens (including phenoxy) is 2. The average Bonchev–Trinajstić information content (AvgIpc) is 2.58. The Hall–Kier alpha value is -2.66. The van der Waals surface area contributed by atoms with Crippen molar-refractivity contribution in [3.05, 3.63) is 64.2 Å². The first kappa shape index (κ1) is 19.7. The van der Waals surface area contributed by atoms with Gasteiger partial charge in [0, 0.05) is 12.8 Å². The second-order valence-corrected chi connectivity index (χ2v) is 6.44. The highest BCUT2D eigenvalue weighted by Crippen LogP contribution is 2.22. The van der Waals surface area contributed by atoms with E-state index in [4.69, 9.17) is 9.47 Å². The molecule has 0 aliphatic rings. The molecule has 0 radical (unpaired) electrons. The summed E-state index contributed by atoms with van der Waals surface area (Å²) in [6.45, 7) is 7.92. The van der Waals surface area contributed by atoms with Crippen LogP contribution >= 0.6 is 0 Å². The van der Waals surface area contributed by atoms with Crippen LogP contribution < -0.4 is 5.32 Å². The molecule has 0 saturated heterocycles. The van der Waals surface area contributed by atoms with Crippen LogP contribution in [0.2, 0.25) is 0 Å². The van der Waals surface area contributed by atoms with Gasteiger partial charge >= 0.3 is 5.97 Å². The number of anilines is 1. The largest absolute Gasteiger partial charge is 0.449 e. The second-order valence-electron chi connectivity index (χ2n) is 6.44. The van der Waals surface area contributed by atoms with Crippen molar-refractivity contribution < 1.29 is 19.1 Å². The molecule has 26 heavy (non-hydrogen) atoms. The van der Waals surface area contributed by atoms with Crippen LogP contribution in [-0.4, -0.2) is 25.1 Å². The monoisotopic (exact) mass is 355 g/mol. The number of carbonyl (C=O) groups is 2. The summed E-state index contributed by atoms with van der Waals surface area (Å²) >= 11 is 0. The number of aryl methyl sites for hydroxylation is 3. The van der Waals surface area contributed by atoms with Gasteiger partial charge in [-0.05, 0) is 56.5 Å². The number of hydrogen-bond acceptors (Lipinski definition) is 4. The summed E-state index contributed by atoms with van der Waals surface area (Å²) in [6, 6.07) is 10.9. The van der Waals surface area contributed by atoms with Gasteiger partial charge in [0.1, 0.15) is 0 Å². The van der Waals surface area contributed by atoms with E-state index in [2.05, 4.69) is 5.32 Å². The molecule has 0 aliphatic heterocycles. The fourth-order valence-corrected chi connectivity index (χ4v) is 2.79. The van der Waals surface area contributed by atoms with Crippen molar-refractivity contribution in [2.24, 2.45) is 0 Å². The minimum atomic E-state index is -0.902. The van der Waals surface area contributed by atoms with E-state index in [-0.39, 0.29) is 5.91 Å². The molecule has 1 N–H and O–H groups in total. The number of benzene rings is 2. The Kier molecular flexibility index (Phi) is 6.52. The van der Waals surface area contributed by atoms with Gasteiger partial charge in [0.05, 0.1) is 12.2 Å². The van der Waals surface area contributed by atoms with E-state index < -0.39 is 12.1 Å². The first-order valence-corrected chi connectivity index (χ1v) is 8.49. The molecule has 0 aliphatic carbocycles. The maximum absolute atomic E-state index is 12.4. The molecule has 0 unspecified atom stereocenters. The Morgan fingerprint density at radius 3 is 2.15 bits per heavy atom. The van der Waals surface area contributed by atoms with Crippen molar-refractivity contribution in [2.75, 3.05) is 12.4 Å². The summed E-state index contributed by atoms with van der Waals surface area (Å²) in [5, 5.41) is 2.86. The topological polar surface area (TPSA) is 64.6 Å². The molecule has 0 spiro atoms. The highest BCUT2D eigenvalue weighted by atomic mass is 16.5. The van der Waals surface area contributed by atoms with E-state index in [1.165, 1.54) is 0 Å². The van der Waals surface area contributed by atoms with Crippen LogP contribution in [0.5, 0.6) is 0 Å². The molecule has 2 rings (SSSR count). The first-order valence-electron chi connectivity index (χ1n) is 8.49. The number of methoxy groups -OCH3 is 1. The molecule has 2 aromatic carbocycles. The first-order chi connectivity index (χ1) is 12.3. The van der Waals surface area contributed by atoms with Gasteiger partial charge in [0.15, 0.2) is 6.10 Å². The van der Waals surface area contributed by atoms with Crippen molar-refractivity contribution in [3.8, 4) is 0 Å². The zero-order valence-electron chi connectivity index (χ0n) is 15.9. The minimum Gasteiger partial charge on any atom is -0.449 e. The van der Waals surface area contributed by atoms with Gasteiger partial charge in [-0.1, -0.05) is 29.8 Å². The van der Waals surface area contributed by atoms with Crippen LogP contribution in [0.4, 0.5) is 5.69 Å². The van der Waals surface area contributed by atoms with E-state index in [0.717, 1.165) is 27.9 Å². The van der Waals surface area contributed by atoms with Gasteiger partial charge < -0.3 is 14.8 Å².